The Morgan fingerprint density at radius 2 is 1.84 bits per heavy atom. The number of urea groups is 1. The lowest BCUT2D eigenvalue weighted by Crippen LogP contribution is -2.42. The van der Waals surface area contributed by atoms with Crippen molar-refractivity contribution in [1.29, 1.82) is 0 Å². The number of nitrogens with two attached hydrogens (primary N) is 1. The maximum absolute atomic E-state index is 12.7. The van der Waals surface area contributed by atoms with E-state index in [1.54, 1.807) is 19.3 Å². The number of primary amides is 1. The average molecular weight is 570 g/mol. The van der Waals surface area contributed by atoms with Crippen LogP contribution in [0.5, 0.6) is 0 Å². The van der Waals surface area contributed by atoms with E-state index in [1.807, 2.05) is 30.3 Å². The molecule has 0 radical (unpaired) electrons. The van der Waals surface area contributed by atoms with Crippen LogP contribution >= 0.6 is 15.9 Å². The number of benzene rings is 2. The Labute approximate surface area is 218 Å². The first-order chi connectivity index (χ1) is 17.6. The van der Waals surface area contributed by atoms with E-state index >= 15 is 0 Å². The van der Waals surface area contributed by atoms with Gasteiger partial charge >= 0.3 is 17.6 Å². The molecule has 4 rings (SSSR count). The smallest absolute Gasteiger partial charge is 0.340 e. The van der Waals surface area contributed by atoms with Gasteiger partial charge in [-0.15, -0.1) is 0 Å². The molecule has 0 spiro atoms. The molecule has 192 valence electrons. The van der Waals surface area contributed by atoms with Gasteiger partial charge in [0.25, 0.3) is 0 Å². The largest absolute Gasteiger partial charge is 0.480 e. The third-order valence-corrected chi connectivity index (χ3v) is 6.60. The van der Waals surface area contributed by atoms with Crippen LogP contribution in [-0.4, -0.2) is 35.6 Å². The fourth-order valence-electron chi connectivity index (χ4n) is 4.15. The molecule has 0 bridgehead atoms. The summed E-state index contributed by atoms with van der Waals surface area (Å²) in [5.41, 5.74) is 7.68. The summed E-state index contributed by atoms with van der Waals surface area (Å²) in [5.74, 6) is -1.86. The Hall–Kier alpha value is -4.12. The number of hydrogen-bond donors (Lipinski definition) is 4. The molecule has 0 aliphatic heterocycles. The quantitative estimate of drug-likeness (QED) is 0.175. The van der Waals surface area contributed by atoms with Gasteiger partial charge in [-0.25, -0.2) is 14.4 Å². The molecule has 10 nitrogen and oxygen atoms in total. The number of aryl methyl sites for hydroxylation is 1. The Kier molecular flexibility index (Phi) is 7.63. The highest BCUT2D eigenvalue weighted by molar-refractivity contribution is 9.10. The average Bonchev–Trinajstić information content (AvgIpc) is 3.25. The highest BCUT2D eigenvalue weighted by Crippen LogP contribution is 2.35. The van der Waals surface area contributed by atoms with Crippen molar-refractivity contribution < 1.29 is 28.3 Å². The molecule has 5 N–H and O–H groups in total. The number of carboxylic acids is 1. The molecule has 2 heterocycles. The molecular formula is C26H24BrN3O7. The molecule has 11 heteroatoms. The highest BCUT2D eigenvalue weighted by Gasteiger charge is 2.22. The first-order valence-corrected chi connectivity index (χ1v) is 12.2. The molecular weight excluding hydrogens is 546 g/mol. The topological polar surface area (TPSA) is 165 Å². The highest BCUT2D eigenvalue weighted by atomic mass is 79.9. The summed E-state index contributed by atoms with van der Waals surface area (Å²) in [6.45, 7) is 1.89. The van der Waals surface area contributed by atoms with E-state index < -0.39 is 29.6 Å². The van der Waals surface area contributed by atoms with Gasteiger partial charge < -0.3 is 30.3 Å². The number of nitrogens with one attached hydrogen (secondary N) is 2. The second-order valence-electron chi connectivity index (χ2n) is 8.56. The van der Waals surface area contributed by atoms with Crippen molar-refractivity contribution in [3.05, 3.63) is 68.7 Å². The van der Waals surface area contributed by atoms with Crippen LogP contribution in [0.2, 0.25) is 0 Å². The predicted molar refractivity (Wildman–Crippen MR) is 140 cm³/mol. The van der Waals surface area contributed by atoms with E-state index in [0.29, 0.717) is 28.5 Å². The van der Waals surface area contributed by atoms with Crippen LogP contribution in [0, 0.1) is 6.92 Å². The Balaban J connectivity index is 1.60. The molecule has 2 aromatic carbocycles. The fraction of sp³-hybridized carbons (Fsp3) is 0.231. The number of furan rings is 1. The van der Waals surface area contributed by atoms with Gasteiger partial charge in [-0.1, -0.05) is 28.1 Å². The zero-order valence-corrected chi connectivity index (χ0v) is 21.4. The number of aliphatic carboxylic acids is 1. The second kappa shape index (κ2) is 10.9. The first kappa shape index (κ1) is 26.0. The van der Waals surface area contributed by atoms with Crippen LogP contribution in [-0.2, 0) is 16.0 Å². The monoisotopic (exact) mass is 569 g/mol. The predicted octanol–water partition coefficient (Wildman–Crippen LogP) is 3.84. The molecule has 2 aromatic heterocycles. The van der Waals surface area contributed by atoms with Crippen molar-refractivity contribution in [3.63, 3.8) is 0 Å². The van der Waals surface area contributed by atoms with Gasteiger partial charge in [-0.2, -0.15) is 0 Å². The fourth-order valence-corrected chi connectivity index (χ4v) is 4.41. The summed E-state index contributed by atoms with van der Waals surface area (Å²) in [7, 11) is 0. The summed E-state index contributed by atoms with van der Waals surface area (Å²) < 4.78 is 12.2. The minimum Gasteiger partial charge on any atom is -0.480 e. The van der Waals surface area contributed by atoms with E-state index in [0.717, 1.165) is 21.0 Å². The summed E-state index contributed by atoms with van der Waals surface area (Å²) in [4.78, 5) is 47.7. The van der Waals surface area contributed by atoms with Crippen LogP contribution in [0.15, 0.2) is 60.8 Å². The van der Waals surface area contributed by atoms with Crippen LogP contribution in [0.25, 0.3) is 33.1 Å². The SMILES string of the molecule is Cc1c(CC(=O)NC(CCCNC(N)=O)C(=O)O)c(=O)oc2cc3occ(-c4ccc(Br)cc4)c3cc12. The number of carboxylic acid groups (broad SMARTS) is 1. The number of amides is 3. The number of carbonyl (C=O) groups is 3. The van der Waals surface area contributed by atoms with Crippen molar-refractivity contribution >= 4 is 55.8 Å². The molecule has 0 aliphatic rings. The lowest BCUT2D eigenvalue weighted by molar-refractivity contribution is -0.141. The van der Waals surface area contributed by atoms with Gasteiger partial charge in [0.05, 0.1) is 18.2 Å². The van der Waals surface area contributed by atoms with Gasteiger partial charge in [0.15, 0.2) is 0 Å². The van der Waals surface area contributed by atoms with E-state index in [-0.39, 0.29) is 24.9 Å². The third-order valence-electron chi connectivity index (χ3n) is 6.08. The number of rotatable bonds is 9. The third kappa shape index (κ3) is 5.83. The van der Waals surface area contributed by atoms with Crippen molar-refractivity contribution in [3.8, 4) is 11.1 Å². The standard InChI is InChI=1S/C26H24BrN3O7/c1-13-16-9-18-19(14-4-6-15(27)7-5-14)12-36-21(18)11-22(16)37-25(34)17(13)10-23(31)30-20(24(32)33)3-2-8-29-26(28)35/h4-7,9,11-12,20H,2-3,8,10H2,1H3,(H,30,31)(H,32,33)(H3,28,29,35). The van der Waals surface area contributed by atoms with E-state index in [1.165, 1.54) is 0 Å². The van der Waals surface area contributed by atoms with Crippen molar-refractivity contribution in [2.24, 2.45) is 5.73 Å². The van der Waals surface area contributed by atoms with Crippen LogP contribution in [0.4, 0.5) is 4.79 Å². The molecule has 0 saturated heterocycles. The summed E-state index contributed by atoms with van der Waals surface area (Å²) >= 11 is 3.43. The number of fused-ring (bicyclic) bond motifs is 2. The Morgan fingerprint density at radius 1 is 1.11 bits per heavy atom. The van der Waals surface area contributed by atoms with E-state index in [9.17, 15) is 24.3 Å². The lowest BCUT2D eigenvalue weighted by Gasteiger charge is -2.15. The van der Waals surface area contributed by atoms with Crippen LogP contribution < -0.4 is 22.0 Å². The molecule has 1 unspecified atom stereocenters. The number of hydrogen-bond acceptors (Lipinski definition) is 6. The maximum Gasteiger partial charge on any atom is 0.340 e. The maximum atomic E-state index is 12.7. The Morgan fingerprint density at radius 3 is 2.51 bits per heavy atom. The van der Waals surface area contributed by atoms with Gasteiger partial charge in [-0.3, -0.25) is 4.79 Å². The van der Waals surface area contributed by atoms with Crippen molar-refractivity contribution in [2.45, 2.75) is 32.2 Å². The molecule has 3 amide bonds. The van der Waals surface area contributed by atoms with Gasteiger partial charge in [0.1, 0.15) is 17.2 Å². The summed E-state index contributed by atoms with van der Waals surface area (Å²) in [5, 5.41) is 15.7. The van der Waals surface area contributed by atoms with Crippen molar-refractivity contribution in [1.82, 2.24) is 10.6 Å². The lowest BCUT2D eigenvalue weighted by atomic mass is 9.99. The number of halogens is 1. The van der Waals surface area contributed by atoms with Crippen molar-refractivity contribution in [2.75, 3.05) is 6.54 Å². The molecule has 0 saturated carbocycles. The second-order valence-corrected chi connectivity index (χ2v) is 9.48. The van der Waals surface area contributed by atoms with Crippen LogP contribution in [0.1, 0.15) is 24.0 Å². The van der Waals surface area contributed by atoms with Gasteiger partial charge in [0.2, 0.25) is 5.91 Å². The van der Waals surface area contributed by atoms with E-state index in [2.05, 4.69) is 26.6 Å². The normalized spacial score (nSPS) is 11.9. The zero-order chi connectivity index (χ0) is 26.7. The first-order valence-electron chi connectivity index (χ1n) is 11.4. The molecule has 0 aliphatic carbocycles. The van der Waals surface area contributed by atoms with Gasteiger partial charge in [-0.05, 0) is 49.1 Å². The van der Waals surface area contributed by atoms with Gasteiger partial charge in [0, 0.05) is 33.4 Å². The molecule has 1 atom stereocenters. The minimum atomic E-state index is -1.22. The summed E-state index contributed by atoms with van der Waals surface area (Å²) in [6, 6.07) is 9.36. The number of carbonyl (C=O) groups excluding carboxylic acids is 2. The summed E-state index contributed by atoms with van der Waals surface area (Å²) in [6.07, 6.45) is 1.65. The van der Waals surface area contributed by atoms with Crippen LogP contribution in [0.3, 0.4) is 0 Å². The minimum absolute atomic E-state index is 0.0734. The zero-order valence-electron chi connectivity index (χ0n) is 19.8. The van der Waals surface area contributed by atoms with E-state index in [4.69, 9.17) is 14.6 Å². The Bertz CT molecular complexity index is 1560. The molecule has 0 fully saturated rings. The molecule has 4 aromatic rings. The molecule has 37 heavy (non-hydrogen) atoms.